The quantitative estimate of drug-likeness (QED) is 0.770. The Bertz CT molecular complexity index is 958. The molecule has 0 atom stereocenters. The van der Waals surface area contributed by atoms with Crippen molar-refractivity contribution >= 4 is 32.7 Å². The van der Waals surface area contributed by atoms with Crippen LogP contribution in [0.25, 0.3) is 0 Å². The monoisotopic (exact) mass is 418 g/mol. The summed E-state index contributed by atoms with van der Waals surface area (Å²) in [6.07, 6.45) is 11.5. The maximum atomic E-state index is 12.9. The van der Waals surface area contributed by atoms with Crippen molar-refractivity contribution in [1.82, 2.24) is 5.32 Å². The van der Waals surface area contributed by atoms with Gasteiger partial charge in [-0.3, -0.25) is 4.79 Å². The Morgan fingerprint density at radius 3 is 2.54 bits per heavy atom. The first kappa shape index (κ1) is 19.7. The summed E-state index contributed by atoms with van der Waals surface area (Å²) in [7, 11) is -3.48. The molecule has 2 aliphatic carbocycles. The average Bonchev–Trinajstić information content (AvgIpc) is 2.68. The first-order valence-electron chi connectivity index (χ1n) is 10.00. The Hall–Kier alpha value is -1.60. The molecule has 1 fully saturated rings. The number of nitrogens with zero attached hydrogens (tertiary/aromatic N) is 1. The molecule has 0 unspecified atom stereocenters. The number of sulfone groups is 1. The van der Waals surface area contributed by atoms with Gasteiger partial charge in [-0.1, -0.05) is 43.2 Å². The highest BCUT2D eigenvalue weighted by Gasteiger charge is 2.42. The number of amidine groups is 1. The molecule has 1 aromatic rings. The highest BCUT2D eigenvalue weighted by atomic mass is 32.2. The summed E-state index contributed by atoms with van der Waals surface area (Å²) in [4.78, 5) is 17.8. The predicted octanol–water partition coefficient (Wildman–Crippen LogP) is 4.45. The molecule has 3 aliphatic rings. The average molecular weight is 419 g/mol. The number of amides is 1. The third-order valence-corrected chi connectivity index (χ3v) is 8.52. The van der Waals surface area contributed by atoms with E-state index in [4.69, 9.17) is 4.99 Å². The fourth-order valence-electron chi connectivity index (χ4n) is 4.62. The molecular formula is C21H26N2O3S2. The van der Waals surface area contributed by atoms with Crippen LogP contribution >= 0.6 is 11.8 Å². The van der Waals surface area contributed by atoms with Gasteiger partial charge >= 0.3 is 0 Å². The molecule has 1 saturated carbocycles. The maximum Gasteiger partial charge on any atom is 0.258 e. The number of benzene rings is 1. The van der Waals surface area contributed by atoms with E-state index >= 15 is 0 Å². The van der Waals surface area contributed by atoms with Crippen LogP contribution in [-0.2, 0) is 9.84 Å². The molecule has 1 aliphatic heterocycles. The molecule has 0 saturated heterocycles. The first-order chi connectivity index (χ1) is 13.4. The summed E-state index contributed by atoms with van der Waals surface area (Å²) in [5.41, 5.74) is 2.82. The molecule has 0 bridgehead atoms. The summed E-state index contributed by atoms with van der Waals surface area (Å²) in [5.74, 6) is -0.405. The predicted molar refractivity (Wildman–Crippen MR) is 113 cm³/mol. The number of nitrogens with one attached hydrogen (secondary N) is 1. The van der Waals surface area contributed by atoms with Crippen LogP contribution in [0.5, 0.6) is 0 Å². The molecule has 1 amide bonds. The smallest absolute Gasteiger partial charge is 0.258 e. The normalized spacial score (nSPS) is 21.8. The molecule has 5 nitrogen and oxygen atoms in total. The Labute approximate surface area is 171 Å². The van der Waals surface area contributed by atoms with Crippen LogP contribution in [0.3, 0.4) is 0 Å². The SMILES string of the molecule is CS(=O)(=O)c1ccccc1C(=O)NC1=NC2=C(CCCC2)C2(CCCCC2)S1. The van der Waals surface area contributed by atoms with E-state index in [2.05, 4.69) is 5.32 Å². The number of rotatable bonds is 2. The zero-order chi connectivity index (χ0) is 19.8. The van der Waals surface area contributed by atoms with Gasteiger partial charge in [0.05, 0.1) is 10.5 Å². The van der Waals surface area contributed by atoms with Gasteiger partial charge < -0.3 is 5.32 Å². The summed E-state index contributed by atoms with van der Waals surface area (Å²) in [6, 6.07) is 6.35. The van der Waals surface area contributed by atoms with Gasteiger partial charge in [-0.15, -0.1) is 0 Å². The van der Waals surface area contributed by atoms with Crippen LogP contribution in [0.1, 0.15) is 68.1 Å². The molecule has 150 valence electrons. The van der Waals surface area contributed by atoms with Gasteiger partial charge in [-0.25, -0.2) is 13.4 Å². The van der Waals surface area contributed by atoms with Crippen LogP contribution in [0.2, 0.25) is 0 Å². The molecule has 7 heteroatoms. The van der Waals surface area contributed by atoms with Crippen molar-refractivity contribution < 1.29 is 13.2 Å². The molecule has 1 aromatic carbocycles. The lowest BCUT2D eigenvalue weighted by atomic mass is 9.77. The van der Waals surface area contributed by atoms with Crippen molar-refractivity contribution in [3.05, 3.63) is 41.1 Å². The van der Waals surface area contributed by atoms with Gasteiger partial charge in [-0.05, 0) is 56.2 Å². The minimum absolute atomic E-state index is 0.0545. The number of fused-ring (bicyclic) bond motifs is 1. The van der Waals surface area contributed by atoms with Crippen molar-refractivity contribution in [2.45, 2.75) is 67.4 Å². The van der Waals surface area contributed by atoms with E-state index in [0.717, 1.165) is 44.1 Å². The summed E-state index contributed by atoms with van der Waals surface area (Å²) in [5, 5.41) is 3.55. The second kappa shape index (κ2) is 7.67. The maximum absolute atomic E-state index is 12.9. The topological polar surface area (TPSA) is 75.6 Å². The summed E-state index contributed by atoms with van der Waals surface area (Å²) >= 11 is 1.69. The van der Waals surface area contributed by atoms with E-state index in [1.165, 1.54) is 37.3 Å². The van der Waals surface area contributed by atoms with Gasteiger partial charge in [0.2, 0.25) is 0 Å². The van der Waals surface area contributed by atoms with E-state index < -0.39 is 15.7 Å². The second-order valence-corrected chi connectivity index (χ2v) is 11.3. The molecule has 28 heavy (non-hydrogen) atoms. The third kappa shape index (κ3) is 3.79. The van der Waals surface area contributed by atoms with Crippen molar-refractivity contribution in [1.29, 1.82) is 0 Å². The molecule has 4 rings (SSSR count). The van der Waals surface area contributed by atoms with Crippen LogP contribution < -0.4 is 5.32 Å². The summed E-state index contributed by atoms with van der Waals surface area (Å²) < 4.78 is 24.2. The minimum atomic E-state index is -3.48. The summed E-state index contributed by atoms with van der Waals surface area (Å²) in [6.45, 7) is 0. The highest BCUT2D eigenvalue weighted by molar-refractivity contribution is 8.15. The van der Waals surface area contributed by atoms with E-state index in [1.54, 1.807) is 30.0 Å². The fourth-order valence-corrected chi connectivity index (χ4v) is 7.01. The van der Waals surface area contributed by atoms with Gasteiger partial charge in [-0.2, -0.15) is 0 Å². The highest BCUT2D eigenvalue weighted by Crippen LogP contribution is 2.52. The van der Waals surface area contributed by atoms with Crippen molar-refractivity contribution in [3.8, 4) is 0 Å². The van der Waals surface area contributed by atoms with Crippen LogP contribution in [0.15, 0.2) is 45.4 Å². The van der Waals surface area contributed by atoms with Crippen molar-refractivity contribution in [2.75, 3.05) is 6.26 Å². The number of thioether (sulfide) groups is 1. The molecular weight excluding hydrogens is 392 g/mol. The zero-order valence-corrected chi connectivity index (χ0v) is 17.8. The molecule has 0 aromatic heterocycles. The Morgan fingerprint density at radius 1 is 1.07 bits per heavy atom. The second-order valence-electron chi connectivity index (χ2n) is 7.93. The van der Waals surface area contributed by atoms with Crippen molar-refractivity contribution in [3.63, 3.8) is 0 Å². The first-order valence-corrected chi connectivity index (χ1v) is 12.7. The Kier molecular flexibility index (Phi) is 5.40. The van der Waals surface area contributed by atoms with E-state index in [0.29, 0.717) is 5.17 Å². The largest absolute Gasteiger partial charge is 0.301 e. The van der Waals surface area contributed by atoms with Gasteiger partial charge in [0.15, 0.2) is 15.0 Å². The van der Waals surface area contributed by atoms with Crippen LogP contribution in [0, 0.1) is 0 Å². The van der Waals surface area contributed by atoms with Crippen LogP contribution in [-0.4, -0.2) is 30.5 Å². The van der Waals surface area contributed by atoms with E-state index in [9.17, 15) is 13.2 Å². The van der Waals surface area contributed by atoms with E-state index in [1.807, 2.05) is 0 Å². The fraction of sp³-hybridized carbons (Fsp3) is 0.524. The van der Waals surface area contributed by atoms with Gasteiger partial charge in [0.25, 0.3) is 5.91 Å². The number of hydrogen-bond donors (Lipinski definition) is 1. The molecule has 1 N–H and O–H groups in total. The van der Waals surface area contributed by atoms with Crippen LogP contribution in [0.4, 0.5) is 0 Å². The number of carbonyl (C=O) groups is 1. The minimum Gasteiger partial charge on any atom is -0.301 e. The lowest BCUT2D eigenvalue weighted by molar-refractivity contribution is 0.0974. The standard InChI is InChI=1S/C21H26N2O3S2/c1-28(25,26)18-12-6-3-9-15(18)19(24)23-20-22-17-11-5-4-10-16(17)21(27-20)13-7-2-8-14-21/h3,6,9,12H,2,4-5,7-8,10-11,13-14H2,1H3,(H,22,23,24). The number of carbonyl (C=O) groups excluding carboxylic acids is 1. The lowest BCUT2D eigenvalue weighted by Crippen LogP contribution is -2.41. The molecule has 1 spiro atoms. The molecule has 0 radical (unpaired) electrons. The van der Waals surface area contributed by atoms with Crippen molar-refractivity contribution in [2.24, 2.45) is 4.99 Å². The van der Waals surface area contributed by atoms with E-state index in [-0.39, 0.29) is 15.2 Å². The number of hydrogen-bond acceptors (Lipinski definition) is 5. The zero-order valence-electron chi connectivity index (χ0n) is 16.2. The van der Waals surface area contributed by atoms with Gasteiger partial charge in [0.1, 0.15) is 0 Å². The van der Waals surface area contributed by atoms with Gasteiger partial charge in [0, 0.05) is 16.7 Å². The Morgan fingerprint density at radius 2 is 1.79 bits per heavy atom. The third-order valence-electron chi connectivity index (χ3n) is 5.93. The molecule has 1 heterocycles. The number of allylic oxidation sites excluding steroid dienone is 1. The lowest BCUT2D eigenvalue weighted by Gasteiger charge is -2.43. The Balaban J connectivity index is 1.65. The number of aliphatic imine (C=N–C) groups is 1.